The van der Waals surface area contributed by atoms with Gasteiger partial charge in [-0.3, -0.25) is 9.59 Å². The number of rotatable bonds is 10. The highest BCUT2D eigenvalue weighted by Crippen LogP contribution is 2.29. The summed E-state index contributed by atoms with van der Waals surface area (Å²) < 4.78 is 10.1. The zero-order valence-corrected chi connectivity index (χ0v) is 29.0. The van der Waals surface area contributed by atoms with E-state index >= 15 is 0 Å². The first kappa shape index (κ1) is 35.8. The Morgan fingerprint density at radius 3 is 2.30 bits per heavy atom. The number of nitrogens with one attached hydrogen (secondary N) is 5. The SMILES string of the molecule is COC(=O)c1ccc(-c2ccc(CC(NC(=O)C3CCC(CNC(=O)OC(C)(C)C)CC3)C(=O)Nc3ccc4[nH]c(=O)[nH]c4c3)cc2)c(C)n1. The number of aromatic nitrogens is 3. The van der Waals surface area contributed by atoms with Crippen molar-refractivity contribution in [2.75, 3.05) is 19.0 Å². The fourth-order valence-electron chi connectivity index (χ4n) is 6.15. The van der Waals surface area contributed by atoms with Crippen LogP contribution in [0.5, 0.6) is 0 Å². The van der Waals surface area contributed by atoms with Crippen molar-refractivity contribution in [1.82, 2.24) is 25.6 Å². The molecule has 1 fully saturated rings. The number of methoxy groups -OCH3 is 1. The number of aryl methyl sites for hydroxylation is 1. The highest BCUT2D eigenvalue weighted by molar-refractivity contribution is 5.99. The molecule has 264 valence electrons. The molecule has 0 spiro atoms. The smallest absolute Gasteiger partial charge is 0.407 e. The van der Waals surface area contributed by atoms with Gasteiger partial charge in [-0.15, -0.1) is 0 Å². The minimum absolute atomic E-state index is 0.196. The molecule has 5 rings (SSSR count). The van der Waals surface area contributed by atoms with Crippen molar-refractivity contribution in [2.45, 2.75) is 71.4 Å². The van der Waals surface area contributed by atoms with Crippen LogP contribution in [0.4, 0.5) is 10.5 Å². The van der Waals surface area contributed by atoms with E-state index in [4.69, 9.17) is 9.47 Å². The van der Waals surface area contributed by atoms with Crippen LogP contribution in [0.2, 0.25) is 0 Å². The van der Waals surface area contributed by atoms with Crippen molar-refractivity contribution in [3.8, 4) is 11.1 Å². The van der Waals surface area contributed by atoms with Crippen LogP contribution in [0.3, 0.4) is 0 Å². The predicted molar refractivity (Wildman–Crippen MR) is 189 cm³/mol. The molecule has 1 unspecified atom stereocenters. The molecule has 0 radical (unpaired) electrons. The summed E-state index contributed by atoms with van der Waals surface area (Å²) in [5.74, 6) is -1.14. The molecule has 2 heterocycles. The van der Waals surface area contributed by atoms with E-state index in [1.54, 1.807) is 24.3 Å². The Morgan fingerprint density at radius 2 is 1.64 bits per heavy atom. The van der Waals surface area contributed by atoms with Gasteiger partial charge in [-0.1, -0.05) is 30.3 Å². The summed E-state index contributed by atoms with van der Waals surface area (Å²) >= 11 is 0. The molecule has 3 amide bonds. The van der Waals surface area contributed by atoms with Gasteiger partial charge in [-0.2, -0.15) is 0 Å². The largest absolute Gasteiger partial charge is 0.464 e. The van der Waals surface area contributed by atoms with Gasteiger partial charge in [0.05, 0.1) is 18.1 Å². The molecular formula is C37H44N6O7. The number of carbonyl (C=O) groups excluding carboxylic acids is 4. The Bertz CT molecular complexity index is 1920. The number of alkyl carbamates (subject to hydrolysis) is 1. The topological polar surface area (TPSA) is 184 Å². The lowest BCUT2D eigenvalue weighted by Crippen LogP contribution is -2.48. The lowest BCUT2D eigenvalue weighted by molar-refractivity contribution is -0.130. The molecule has 2 aromatic carbocycles. The molecular weight excluding hydrogens is 640 g/mol. The summed E-state index contributed by atoms with van der Waals surface area (Å²) in [6.45, 7) is 7.74. The van der Waals surface area contributed by atoms with E-state index in [-0.39, 0.29) is 35.5 Å². The van der Waals surface area contributed by atoms with Crippen molar-refractivity contribution in [3.63, 3.8) is 0 Å². The number of fused-ring (bicyclic) bond motifs is 1. The molecule has 1 saturated carbocycles. The molecule has 1 aliphatic carbocycles. The Balaban J connectivity index is 1.26. The predicted octanol–water partition coefficient (Wildman–Crippen LogP) is 5.01. The molecule has 13 nitrogen and oxygen atoms in total. The fourth-order valence-corrected chi connectivity index (χ4v) is 6.15. The standard InChI is InChI=1S/C37H44N6O7/c1-21-27(15-17-29(39-21)34(46)49-5)24-10-6-22(7-11-24)18-31(33(45)40-26-14-16-28-30(19-26)43-35(47)42-28)41-32(44)25-12-8-23(9-13-25)20-38-36(48)50-37(2,3)4/h6-7,10-11,14-17,19,23,25,31H,8-9,12-13,18,20H2,1-5H3,(H,38,48)(H,40,45)(H,41,44)(H2,42,43,47). The van der Waals surface area contributed by atoms with Gasteiger partial charge in [0.2, 0.25) is 11.8 Å². The lowest BCUT2D eigenvalue weighted by atomic mass is 9.81. The third-order valence-electron chi connectivity index (χ3n) is 8.75. The van der Waals surface area contributed by atoms with Gasteiger partial charge in [0.15, 0.2) is 0 Å². The number of benzene rings is 2. The van der Waals surface area contributed by atoms with Crippen LogP contribution in [0.25, 0.3) is 22.2 Å². The van der Waals surface area contributed by atoms with Crippen LogP contribution in [0.15, 0.2) is 59.4 Å². The minimum atomic E-state index is -0.886. The van der Waals surface area contributed by atoms with Crippen molar-refractivity contribution in [2.24, 2.45) is 11.8 Å². The van der Waals surface area contributed by atoms with E-state index in [2.05, 4.69) is 30.9 Å². The Morgan fingerprint density at radius 1 is 0.940 bits per heavy atom. The molecule has 1 aliphatic rings. The highest BCUT2D eigenvalue weighted by Gasteiger charge is 2.30. The second-order valence-electron chi connectivity index (χ2n) is 13.7. The summed E-state index contributed by atoms with van der Waals surface area (Å²) in [4.78, 5) is 72.7. The third kappa shape index (κ3) is 9.36. The number of H-pyrrole nitrogens is 2. The zero-order valence-electron chi connectivity index (χ0n) is 29.0. The number of nitrogens with zero attached hydrogens (tertiary/aromatic N) is 1. The van der Waals surface area contributed by atoms with E-state index < -0.39 is 29.6 Å². The van der Waals surface area contributed by atoms with Gasteiger partial charge in [-0.25, -0.2) is 19.4 Å². The van der Waals surface area contributed by atoms with Gasteiger partial charge in [0.1, 0.15) is 17.3 Å². The molecule has 13 heteroatoms. The molecule has 0 saturated heterocycles. The quantitative estimate of drug-likeness (QED) is 0.144. The first-order valence-corrected chi connectivity index (χ1v) is 16.7. The van der Waals surface area contributed by atoms with Crippen molar-refractivity contribution in [3.05, 3.63) is 82.0 Å². The van der Waals surface area contributed by atoms with Gasteiger partial charge >= 0.3 is 17.8 Å². The van der Waals surface area contributed by atoms with Crippen LogP contribution in [0.1, 0.15) is 68.2 Å². The first-order valence-electron chi connectivity index (χ1n) is 16.7. The van der Waals surface area contributed by atoms with Gasteiger partial charge in [0.25, 0.3) is 0 Å². The molecule has 50 heavy (non-hydrogen) atoms. The maximum atomic E-state index is 13.7. The monoisotopic (exact) mass is 684 g/mol. The van der Waals surface area contributed by atoms with Gasteiger partial charge in [0, 0.05) is 35.8 Å². The zero-order chi connectivity index (χ0) is 36.0. The summed E-state index contributed by atoms with van der Waals surface area (Å²) in [7, 11) is 1.31. The molecule has 1 atom stereocenters. The molecule has 5 N–H and O–H groups in total. The summed E-state index contributed by atoms with van der Waals surface area (Å²) in [6.07, 6.45) is 2.56. The van der Waals surface area contributed by atoms with Gasteiger partial charge in [-0.05, 0) is 94.7 Å². The van der Waals surface area contributed by atoms with Crippen LogP contribution < -0.4 is 21.6 Å². The summed E-state index contributed by atoms with van der Waals surface area (Å²) in [5.41, 5.74) is 4.16. The number of pyridine rings is 1. The number of amides is 3. The van der Waals surface area contributed by atoms with Crippen molar-refractivity contribution < 1.29 is 28.7 Å². The maximum Gasteiger partial charge on any atom is 0.407 e. The average Bonchev–Trinajstić information content (AvgIpc) is 3.45. The lowest BCUT2D eigenvalue weighted by Gasteiger charge is -2.29. The highest BCUT2D eigenvalue weighted by atomic mass is 16.6. The fraction of sp³-hybridized carbons (Fsp3) is 0.405. The Hall–Kier alpha value is -5.46. The van der Waals surface area contributed by atoms with Crippen LogP contribution in [-0.4, -0.2) is 64.1 Å². The normalized spacial score (nSPS) is 16.7. The third-order valence-corrected chi connectivity index (χ3v) is 8.75. The molecule has 4 aromatic rings. The van der Waals surface area contributed by atoms with Crippen LogP contribution >= 0.6 is 0 Å². The van der Waals surface area contributed by atoms with E-state index in [1.807, 2.05) is 58.0 Å². The number of imidazole rings is 1. The summed E-state index contributed by atoms with van der Waals surface area (Å²) in [5, 5.41) is 8.74. The Kier molecular flexibility index (Phi) is 11.0. The number of ether oxygens (including phenoxy) is 2. The Labute approximate surface area is 289 Å². The number of hydrogen-bond acceptors (Lipinski definition) is 8. The second-order valence-corrected chi connectivity index (χ2v) is 13.7. The minimum Gasteiger partial charge on any atom is -0.464 e. The average molecular weight is 685 g/mol. The van der Waals surface area contributed by atoms with Crippen molar-refractivity contribution in [1.29, 1.82) is 0 Å². The van der Waals surface area contributed by atoms with Crippen LogP contribution in [0, 0.1) is 18.8 Å². The van der Waals surface area contributed by atoms with E-state index in [0.717, 1.165) is 29.5 Å². The van der Waals surface area contributed by atoms with E-state index in [1.165, 1.54) is 7.11 Å². The maximum absolute atomic E-state index is 13.7. The second kappa shape index (κ2) is 15.4. The molecule has 2 aromatic heterocycles. The molecule has 0 bridgehead atoms. The van der Waals surface area contributed by atoms with Gasteiger partial charge < -0.3 is 35.4 Å². The number of esters is 1. The number of carbonyl (C=O) groups is 4. The molecule has 0 aliphatic heterocycles. The van der Waals surface area contributed by atoms with E-state index in [0.29, 0.717) is 41.8 Å². The number of aromatic amines is 2. The van der Waals surface area contributed by atoms with Crippen LogP contribution in [-0.2, 0) is 25.5 Å². The summed E-state index contributed by atoms with van der Waals surface area (Å²) in [6, 6.07) is 15.2. The number of hydrogen-bond donors (Lipinski definition) is 5. The van der Waals surface area contributed by atoms with E-state index in [9.17, 15) is 24.0 Å². The first-order chi connectivity index (χ1) is 23.8. The number of anilines is 1. The van der Waals surface area contributed by atoms with Crippen molar-refractivity contribution >= 4 is 40.6 Å².